The van der Waals surface area contributed by atoms with Crippen LogP contribution in [0.5, 0.6) is 0 Å². The first kappa shape index (κ1) is 19.5. The van der Waals surface area contributed by atoms with Gasteiger partial charge in [-0.1, -0.05) is 48.9 Å². The van der Waals surface area contributed by atoms with E-state index in [1.807, 2.05) is 65.9 Å². The lowest BCUT2D eigenvalue weighted by molar-refractivity contribution is -0.117. The fourth-order valence-electron chi connectivity index (χ4n) is 2.82. The predicted molar refractivity (Wildman–Crippen MR) is 113 cm³/mol. The third kappa shape index (κ3) is 5.39. The maximum Gasteiger partial charge on any atom is 0.238 e. The van der Waals surface area contributed by atoms with Crippen LogP contribution in [0.1, 0.15) is 18.2 Å². The predicted octanol–water partition coefficient (Wildman–Crippen LogP) is 5.10. The molecule has 6 heteroatoms. The molecule has 0 unspecified atom stereocenters. The summed E-state index contributed by atoms with van der Waals surface area (Å²) in [7, 11) is 1.92. The van der Waals surface area contributed by atoms with Crippen LogP contribution in [0.25, 0.3) is 10.6 Å². The number of nitrogens with one attached hydrogen (secondary N) is 1. The van der Waals surface area contributed by atoms with Crippen molar-refractivity contribution in [1.82, 2.24) is 9.88 Å². The Morgan fingerprint density at radius 2 is 1.93 bits per heavy atom. The highest BCUT2D eigenvalue weighted by Crippen LogP contribution is 2.25. The third-order valence-corrected chi connectivity index (χ3v) is 5.35. The summed E-state index contributed by atoms with van der Waals surface area (Å²) in [5.74, 6) is -0.0217. The van der Waals surface area contributed by atoms with Crippen molar-refractivity contribution >= 4 is 34.5 Å². The number of halogens is 1. The van der Waals surface area contributed by atoms with Crippen molar-refractivity contribution < 1.29 is 4.79 Å². The standard InChI is InChI=1S/C21H22ClN3OS/c1-3-15-6-4-5-7-19(15)24-20(26)13-25(2)12-18-14-27-21(23-18)16-8-10-17(22)11-9-16/h4-11,14H,3,12-13H2,1-2H3,(H,24,26). The molecule has 1 amide bonds. The summed E-state index contributed by atoms with van der Waals surface area (Å²) < 4.78 is 0. The number of benzene rings is 2. The van der Waals surface area contributed by atoms with E-state index in [-0.39, 0.29) is 5.91 Å². The molecule has 3 rings (SSSR count). The van der Waals surface area contributed by atoms with E-state index in [0.29, 0.717) is 18.1 Å². The number of anilines is 1. The quantitative estimate of drug-likeness (QED) is 0.601. The Hall–Kier alpha value is -2.21. The Labute approximate surface area is 168 Å². The van der Waals surface area contributed by atoms with Gasteiger partial charge >= 0.3 is 0 Å². The number of rotatable bonds is 7. The van der Waals surface area contributed by atoms with E-state index < -0.39 is 0 Å². The second-order valence-electron chi connectivity index (χ2n) is 6.38. The van der Waals surface area contributed by atoms with Crippen LogP contribution in [0.3, 0.4) is 0 Å². The van der Waals surface area contributed by atoms with Gasteiger partial charge in [-0.15, -0.1) is 11.3 Å². The van der Waals surface area contributed by atoms with E-state index >= 15 is 0 Å². The van der Waals surface area contributed by atoms with E-state index in [2.05, 4.69) is 17.2 Å². The van der Waals surface area contributed by atoms with Crippen molar-refractivity contribution in [2.24, 2.45) is 0 Å². The molecule has 1 aromatic heterocycles. The fraction of sp³-hybridized carbons (Fsp3) is 0.238. The Morgan fingerprint density at radius 3 is 2.67 bits per heavy atom. The first-order valence-electron chi connectivity index (χ1n) is 8.81. The molecular formula is C21H22ClN3OS. The summed E-state index contributed by atoms with van der Waals surface area (Å²) in [5, 5.41) is 6.70. The molecule has 27 heavy (non-hydrogen) atoms. The topological polar surface area (TPSA) is 45.2 Å². The molecule has 0 aliphatic rings. The lowest BCUT2D eigenvalue weighted by Gasteiger charge is -2.16. The van der Waals surface area contributed by atoms with Crippen LogP contribution in [0, 0.1) is 0 Å². The minimum atomic E-state index is -0.0217. The number of hydrogen-bond acceptors (Lipinski definition) is 4. The third-order valence-electron chi connectivity index (χ3n) is 4.16. The second-order valence-corrected chi connectivity index (χ2v) is 7.68. The SMILES string of the molecule is CCc1ccccc1NC(=O)CN(C)Cc1csc(-c2ccc(Cl)cc2)n1. The molecule has 0 atom stereocenters. The summed E-state index contributed by atoms with van der Waals surface area (Å²) in [6, 6.07) is 15.6. The molecule has 1 N–H and O–H groups in total. The van der Waals surface area contributed by atoms with Gasteiger partial charge < -0.3 is 5.32 Å². The molecule has 0 aliphatic carbocycles. The van der Waals surface area contributed by atoms with Crippen molar-refractivity contribution in [2.75, 3.05) is 18.9 Å². The minimum absolute atomic E-state index is 0.0217. The van der Waals surface area contributed by atoms with E-state index in [0.717, 1.165) is 33.9 Å². The zero-order chi connectivity index (χ0) is 19.2. The normalized spacial score (nSPS) is 11.0. The van der Waals surface area contributed by atoms with Crippen molar-refractivity contribution in [3.63, 3.8) is 0 Å². The van der Waals surface area contributed by atoms with E-state index in [1.54, 1.807) is 11.3 Å². The highest BCUT2D eigenvalue weighted by atomic mass is 35.5. The molecule has 0 aliphatic heterocycles. The zero-order valence-electron chi connectivity index (χ0n) is 15.4. The highest BCUT2D eigenvalue weighted by Gasteiger charge is 2.11. The molecule has 0 spiro atoms. The molecule has 2 aromatic carbocycles. The highest BCUT2D eigenvalue weighted by molar-refractivity contribution is 7.13. The maximum atomic E-state index is 12.4. The van der Waals surface area contributed by atoms with E-state index in [1.165, 1.54) is 0 Å². The van der Waals surface area contributed by atoms with Gasteiger partial charge in [0.2, 0.25) is 5.91 Å². The number of likely N-dealkylation sites (N-methyl/N-ethyl adjacent to an activating group) is 1. The molecular weight excluding hydrogens is 378 g/mol. The minimum Gasteiger partial charge on any atom is -0.325 e. The van der Waals surface area contributed by atoms with Crippen molar-refractivity contribution in [3.8, 4) is 10.6 Å². The van der Waals surface area contributed by atoms with Gasteiger partial charge in [-0.05, 0) is 37.2 Å². The molecule has 1 heterocycles. The number of aryl methyl sites for hydroxylation is 1. The molecule has 0 saturated carbocycles. The monoisotopic (exact) mass is 399 g/mol. The molecule has 3 aromatic rings. The van der Waals surface area contributed by atoms with Crippen LogP contribution in [-0.4, -0.2) is 29.4 Å². The number of amides is 1. The first-order chi connectivity index (χ1) is 13.0. The lowest BCUT2D eigenvalue weighted by Crippen LogP contribution is -2.30. The molecule has 0 radical (unpaired) electrons. The Morgan fingerprint density at radius 1 is 1.19 bits per heavy atom. The van der Waals surface area contributed by atoms with Crippen molar-refractivity contribution in [1.29, 1.82) is 0 Å². The largest absolute Gasteiger partial charge is 0.325 e. The second kappa shape index (κ2) is 9.13. The summed E-state index contributed by atoms with van der Waals surface area (Å²) in [4.78, 5) is 19.0. The fourth-order valence-corrected chi connectivity index (χ4v) is 3.77. The van der Waals surface area contributed by atoms with E-state index in [9.17, 15) is 4.79 Å². The Kier molecular flexibility index (Phi) is 6.61. The first-order valence-corrected chi connectivity index (χ1v) is 10.1. The van der Waals surface area contributed by atoms with Gasteiger partial charge in [0.1, 0.15) is 5.01 Å². The average Bonchev–Trinajstić information content (AvgIpc) is 3.10. The zero-order valence-corrected chi connectivity index (χ0v) is 17.0. The van der Waals surface area contributed by atoms with Gasteiger partial charge in [0, 0.05) is 28.2 Å². The summed E-state index contributed by atoms with van der Waals surface area (Å²) in [5.41, 5.74) is 4.03. The number of nitrogens with zero attached hydrogens (tertiary/aromatic N) is 2. The van der Waals surface area contributed by atoms with Gasteiger partial charge in [-0.25, -0.2) is 4.98 Å². The molecule has 0 fully saturated rings. The van der Waals surface area contributed by atoms with Crippen LogP contribution in [0.15, 0.2) is 53.9 Å². The average molecular weight is 400 g/mol. The summed E-state index contributed by atoms with van der Waals surface area (Å²) in [6.45, 7) is 3.01. The number of carbonyl (C=O) groups excluding carboxylic acids is 1. The van der Waals surface area contributed by atoms with Crippen LogP contribution in [-0.2, 0) is 17.8 Å². The van der Waals surface area contributed by atoms with E-state index in [4.69, 9.17) is 11.6 Å². The maximum absolute atomic E-state index is 12.4. The number of para-hydroxylation sites is 1. The number of aromatic nitrogens is 1. The van der Waals surface area contributed by atoms with Crippen LogP contribution in [0.2, 0.25) is 5.02 Å². The summed E-state index contributed by atoms with van der Waals surface area (Å²) in [6.07, 6.45) is 0.887. The smallest absolute Gasteiger partial charge is 0.238 e. The van der Waals surface area contributed by atoms with Crippen LogP contribution in [0.4, 0.5) is 5.69 Å². The summed E-state index contributed by atoms with van der Waals surface area (Å²) >= 11 is 7.53. The van der Waals surface area contributed by atoms with Crippen LogP contribution < -0.4 is 5.32 Å². The van der Waals surface area contributed by atoms with Gasteiger partial charge in [0.05, 0.1) is 12.2 Å². The molecule has 0 bridgehead atoms. The van der Waals surface area contributed by atoms with Crippen LogP contribution >= 0.6 is 22.9 Å². The van der Waals surface area contributed by atoms with Crippen molar-refractivity contribution in [3.05, 3.63) is 70.2 Å². The molecule has 4 nitrogen and oxygen atoms in total. The number of carbonyl (C=O) groups is 1. The van der Waals surface area contributed by atoms with Gasteiger partial charge in [-0.3, -0.25) is 9.69 Å². The van der Waals surface area contributed by atoms with Gasteiger partial charge in [0.25, 0.3) is 0 Å². The number of thiazole rings is 1. The van der Waals surface area contributed by atoms with Gasteiger partial charge in [-0.2, -0.15) is 0 Å². The Balaban J connectivity index is 1.57. The number of hydrogen-bond donors (Lipinski definition) is 1. The molecule has 140 valence electrons. The molecule has 0 saturated heterocycles. The van der Waals surface area contributed by atoms with Crippen molar-refractivity contribution in [2.45, 2.75) is 19.9 Å². The lowest BCUT2D eigenvalue weighted by atomic mass is 10.1. The van der Waals surface area contributed by atoms with Gasteiger partial charge in [0.15, 0.2) is 0 Å². The Bertz CT molecular complexity index is 908.